The molecule has 0 fully saturated rings. The maximum absolute atomic E-state index is 6.20. The van der Waals surface area contributed by atoms with Crippen molar-refractivity contribution in [2.45, 2.75) is 40.2 Å². The highest BCUT2D eigenvalue weighted by Crippen LogP contribution is 2.31. The first-order valence-corrected chi connectivity index (χ1v) is 8.11. The predicted octanol–water partition coefficient (Wildman–Crippen LogP) is 4.87. The normalized spacial score (nSPS) is 12.7. The van der Waals surface area contributed by atoms with Gasteiger partial charge in [-0.25, -0.2) is 9.97 Å². The first kappa shape index (κ1) is 15.3. The van der Waals surface area contributed by atoms with Crippen LogP contribution in [-0.4, -0.2) is 9.97 Å². The average molecular weight is 310 g/mol. The average Bonchev–Trinajstić information content (AvgIpc) is 2.93. The summed E-state index contributed by atoms with van der Waals surface area (Å²) in [6, 6.07) is 4.47. The Morgan fingerprint density at radius 2 is 2.10 bits per heavy atom. The fourth-order valence-corrected chi connectivity index (χ4v) is 3.15. The van der Waals surface area contributed by atoms with Crippen molar-refractivity contribution in [3.05, 3.63) is 38.9 Å². The Balaban J connectivity index is 2.34. The van der Waals surface area contributed by atoms with Crippen molar-refractivity contribution in [3.63, 3.8) is 0 Å². The van der Waals surface area contributed by atoms with Gasteiger partial charge in [0.15, 0.2) is 0 Å². The number of hydrogen-bond donors (Lipinski definition) is 1. The summed E-state index contributed by atoms with van der Waals surface area (Å²) in [5.74, 6) is 2.08. The molecule has 2 rings (SSSR count). The third-order valence-electron chi connectivity index (χ3n) is 3.26. The lowest BCUT2D eigenvalue weighted by Crippen LogP contribution is -2.18. The number of anilines is 1. The number of thiophene rings is 1. The number of aryl methyl sites for hydroxylation is 1. The van der Waals surface area contributed by atoms with Crippen LogP contribution in [0, 0.1) is 12.8 Å². The molecule has 3 nitrogen and oxygen atoms in total. The Hall–Kier alpha value is -1.13. The molecule has 0 radical (unpaired) electrons. The van der Waals surface area contributed by atoms with E-state index in [-0.39, 0.29) is 6.04 Å². The molecule has 20 heavy (non-hydrogen) atoms. The first-order chi connectivity index (χ1) is 9.52. The summed E-state index contributed by atoms with van der Waals surface area (Å²) in [5.41, 5.74) is 0.908. The largest absolute Gasteiger partial charge is 0.362 e. The lowest BCUT2D eigenvalue weighted by atomic mass is 10.0. The lowest BCUT2D eigenvalue weighted by molar-refractivity contribution is 0.551. The minimum Gasteiger partial charge on any atom is -0.362 e. The molecule has 0 aliphatic rings. The Morgan fingerprint density at radius 1 is 1.35 bits per heavy atom. The van der Waals surface area contributed by atoms with Gasteiger partial charge in [0.2, 0.25) is 0 Å². The number of rotatable bonds is 5. The van der Waals surface area contributed by atoms with E-state index in [0.717, 1.165) is 23.6 Å². The number of nitrogens with zero attached hydrogens (tertiary/aromatic N) is 2. The fourth-order valence-electron chi connectivity index (χ4n) is 2.01. The molecule has 1 atom stereocenters. The van der Waals surface area contributed by atoms with E-state index in [1.807, 2.05) is 13.8 Å². The highest BCUT2D eigenvalue weighted by molar-refractivity contribution is 7.10. The maximum atomic E-state index is 6.20. The number of hydrogen-bond acceptors (Lipinski definition) is 4. The van der Waals surface area contributed by atoms with E-state index in [9.17, 15) is 0 Å². The standard InChI is InChI=1S/C15H20ClN3S/c1-5-12-17-14(16)10(4)15(18-12)19-13(9(2)3)11-7-6-8-20-11/h6-9,13H,5H2,1-4H3,(H,17,18,19). The zero-order valence-electron chi connectivity index (χ0n) is 12.3. The molecular formula is C15H20ClN3S. The highest BCUT2D eigenvalue weighted by atomic mass is 35.5. The molecule has 5 heteroatoms. The van der Waals surface area contributed by atoms with Crippen molar-refractivity contribution in [2.24, 2.45) is 5.92 Å². The summed E-state index contributed by atoms with van der Waals surface area (Å²) >= 11 is 7.96. The van der Waals surface area contributed by atoms with Gasteiger partial charge in [-0.1, -0.05) is 38.4 Å². The molecule has 0 saturated carbocycles. The summed E-state index contributed by atoms with van der Waals surface area (Å²) in [7, 11) is 0. The molecule has 0 aromatic carbocycles. The second-order valence-electron chi connectivity index (χ2n) is 5.14. The van der Waals surface area contributed by atoms with Gasteiger partial charge in [-0.15, -0.1) is 11.3 Å². The smallest absolute Gasteiger partial charge is 0.137 e. The number of aromatic nitrogens is 2. The van der Waals surface area contributed by atoms with Crippen LogP contribution >= 0.6 is 22.9 Å². The van der Waals surface area contributed by atoms with E-state index in [4.69, 9.17) is 11.6 Å². The van der Waals surface area contributed by atoms with Gasteiger partial charge in [-0.3, -0.25) is 0 Å². The van der Waals surface area contributed by atoms with Gasteiger partial charge in [0.05, 0.1) is 6.04 Å². The monoisotopic (exact) mass is 309 g/mol. The minimum atomic E-state index is 0.240. The van der Waals surface area contributed by atoms with E-state index in [2.05, 4.69) is 46.6 Å². The van der Waals surface area contributed by atoms with E-state index in [1.54, 1.807) is 11.3 Å². The quantitative estimate of drug-likeness (QED) is 0.801. The van der Waals surface area contributed by atoms with Crippen molar-refractivity contribution in [1.29, 1.82) is 0 Å². The second-order valence-corrected chi connectivity index (χ2v) is 6.48. The van der Waals surface area contributed by atoms with Crippen molar-refractivity contribution in [1.82, 2.24) is 9.97 Å². The molecule has 0 bridgehead atoms. The number of halogens is 1. The minimum absolute atomic E-state index is 0.240. The van der Waals surface area contributed by atoms with Gasteiger partial charge in [-0.05, 0) is 24.3 Å². The summed E-state index contributed by atoms with van der Waals surface area (Å²) in [4.78, 5) is 10.2. The molecule has 1 N–H and O–H groups in total. The third kappa shape index (κ3) is 3.30. The van der Waals surface area contributed by atoms with E-state index >= 15 is 0 Å². The van der Waals surface area contributed by atoms with Crippen molar-refractivity contribution in [2.75, 3.05) is 5.32 Å². The van der Waals surface area contributed by atoms with E-state index in [1.165, 1.54) is 4.88 Å². The van der Waals surface area contributed by atoms with Crippen LogP contribution in [0.15, 0.2) is 17.5 Å². The van der Waals surface area contributed by atoms with Crippen LogP contribution in [0.4, 0.5) is 5.82 Å². The van der Waals surface area contributed by atoms with Gasteiger partial charge in [-0.2, -0.15) is 0 Å². The van der Waals surface area contributed by atoms with Crippen LogP contribution in [0.2, 0.25) is 5.15 Å². The highest BCUT2D eigenvalue weighted by Gasteiger charge is 2.19. The molecule has 2 aromatic rings. The molecule has 0 saturated heterocycles. The SMILES string of the molecule is CCc1nc(Cl)c(C)c(NC(c2cccs2)C(C)C)n1. The predicted molar refractivity (Wildman–Crippen MR) is 86.7 cm³/mol. The summed E-state index contributed by atoms with van der Waals surface area (Å²) < 4.78 is 0. The molecular weight excluding hydrogens is 290 g/mol. The summed E-state index contributed by atoms with van der Waals surface area (Å²) in [6.07, 6.45) is 0.778. The van der Waals surface area contributed by atoms with E-state index in [0.29, 0.717) is 11.1 Å². The third-order valence-corrected chi connectivity index (χ3v) is 4.58. The second kappa shape index (κ2) is 6.55. The van der Waals surface area contributed by atoms with Crippen LogP contribution in [0.5, 0.6) is 0 Å². The summed E-state index contributed by atoms with van der Waals surface area (Å²) in [5, 5.41) is 6.18. The van der Waals surface area contributed by atoms with Crippen LogP contribution in [0.1, 0.15) is 43.1 Å². The van der Waals surface area contributed by atoms with Crippen LogP contribution < -0.4 is 5.32 Å². The topological polar surface area (TPSA) is 37.8 Å². The molecule has 2 aromatic heterocycles. The Labute approximate surface area is 129 Å². The zero-order valence-corrected chi connectivity index (χ0v) is 13.8. The maximum Gasteiger partial charge on any atom is 0.137 e. The van der Waals surface area contributed by atoms with Gasteiger partial charge in [0, 0.05) is 16.9 Å². The van der Waals surface area contributed by atoms with Gasteiger partial charge in [0.25, 0.3) is 0 Å². The fraction of sp³-hybridized carbons (Fsp3) is 0.467. The van der Waals surface area contributed by atoms with Crippen molar-refractivity contribution in [3.8, 4) is 0 Å². The number of nitrogens with one attached hydrogen (secondary N) is 1. The van der Waals surface area contributed by atoms with Gasteiger partial charge >= 0.3 is 0 Å². The molecule has 2 heterocycles. The lowest BCUT2D eigenvalue weighted by Gasteiger charge is -2.23. The molecule has 0 aliphatic heterocycles. The zero-order chi connectivity index (χ0) is 14.7. The Morgan fingerprint density at radius 3 is 2.65 bits per heavy atom. The molecule has 108 valence electrons. The van der Waals surface area contributed by atoms with Crippen molar-refractivity contribution >= 4 is 28.8 Å². The van der Waals surface area contributed by atoms with Crippen LogP contribution in [0.3, 0.4) is 0 Å². The molecule has 0 spiro atoms. The molecule has 0 amide bonds. The molecule has 0 aliphatic carbocycles. The van der Waals surface area contributed by atoms with Gasteiger partial charge in [0.1, 0.15) is 16.8 Å². The Bertz CT molecular complexity index is 567. The summed E-state index contributed by atoms with van der Waals surface area (Å²) in [6.45, 7) is 8.40. The van der Waals surface area contributed by atoms with E-state index < -0.39 is 0 Å². The van der Waals surface area contributed by atoms with Gasteiger partial charge < -0.3 is 5.32 Å². The molecule has 1 unspecified atom stereocenters. The van der Waals surface area contributed by atoms with Crippen LogP contribution in [-0.2, 0) is 6.42 Å². The van der Waals surface area contributed by atoms with Crippen molar-refractivity contribution < 1.29 is 0 Å². The van der Waals surface area contributed by atoms with Crippen LogP contribution in [0.25, 0.3) is 0 Å². The Kier molecular flexibility index (Phi) is 5.00. The first-order valence-electron chi connectivity index (χ1n) is 6.85.